The number of alkyl halides is 3. The van der Waals surface area contributed by atoms with Crippen LogP contribution in [-0.4, -0.2) is 25.4 Å². The molecule has 2 nitrogen and oxygen atoms in total. The molecule has 0 fully saturated rings. The zero-order chi connectivity index (χ0) is 10.3. The average Bonchev–Trinajstić information content (AvgIpc) is 1.97. The highest BCUT2D eigenvalue weighted by molar-refractivity contribution is 4.59. The van der Waals surface area contributed by atoms with Gasteiger partial charge in [0.15, 0.2) is 0 Å². The molecular weight excluding hydrogens is 183 g/mol. The van der Waals surface area contributed by atoms with Gasteiger partial charge >= 0.3 is 6.18 Å². The minimum atomic E-state index is -4.23. The van der Waals surface area contributed by atoms with E-state index in [4.69, 9.17) is 5.73 Å². The molecule has 0 aliphatic heterocycles. The summed E-state index contributed by atoms with van der Waals surface area (Å²) in [5, 5.41) is 0. The van der Waals surface area contributed by atoms with Crippen LogP contribution in [-0.2, 0) is 4.74 Å². The summed E-state index contributed by atoms with van der Waals surface area (Å²) in [5.74, 6) is 0. The van der Waals surface area contributed by atoms with Gasteiger partial charge in [0.1, 0.15) is 6.61 Å². The van der Waals surface area contributed by atoms with Crippen LogP contribution in [0, 0.1) is 0 Å². The molecule has 0 saturated carbocycles. The van der Waals surface area contributed by atoms with E-state index in [1.165, 1.54) is 0 Å². The summed E-state index contributed by atoms with van der Waals surface area (Å²) < 4.78 is 39.1. The quantitative estimate of drug-likeness (QED) is 0.665. The number of rotatable bonds is 6. The van der Waals surface area contributed by atoms with Crippen molar-refractivity contribution in [3.63, 3.8) is 0 Å². The van der Waals surface area contributed by atoms with Gasteiger partial charge in [-0.05, 0) is 12.8 Å². The monoisotopic (exact) mass is 199 g/mol. The largest absolute Gasteiger partial charge is 0.411 e. The molecule has 0 aromatic heterocycles. The molecule has 0 rings (SSSR count). The topological polar surface area (TPSA) is 35.2 Å². The zero-order valence-electron chi connectivity index (χ0n) is 7.73. The zero-order valence-corrected chi connectivity index (χ0v) is 7.73. The lowest BCUT2D eigenvalue weighted by Crippen LogP contribution is -2.24. The van der Waals surface area contributed by atoms with Crippen LogP contribution >= 0.6 is 0 Å². The summed E-state index contributed by atoms with van der Waals surface area (Å²) in [6.45, 7) is 0.892. The van der Waals surface area contributed by atoms with E-state index in [1.54, 1.807) is 0 Å². The molecule has 0 spiro atoms. The van der Waals surface area contributed by atoms with Crippen molar-refractivity contribution in [2.75, 3.05) is 13.2 Å². The van der Waals surface area contributed by atoms with Crippen LogP contribution in [0.15, 0.2) is 0 Å². The molecule has 0 unspecified atom stereocenters. The van der Waals surface area contributed by atoms with Gasteiger partial charge in [-0.2, -0.15) is 13.2 Å². The third-order valence-electron chi connectivity index (χ3n) is 1.56. The van der Waals surface area contributed by atoms with E-state index in [1.807, 2.05) is 6.92 Å². The van der Waals surface area contributed by atoms with Gasteiger partial charge in [0.2, 0.25) is 0 Å². The summed E-state index contributed by atoms with van der Waals surface area (Å²) in [6.07, 6.45) is -1.96. The van der Waals surface area contributed by atoms with Crippen molar-refractivity contribution >= 4 is 0 Å². The van der Waals surface area contributed by atoms with Crippen LogP contribution in [0.5, 0.6) is 0 Å². The molecule has 0 aromatic rings. The second-order valence-electron chi connectivity index (χ2n) is 3.01. The maximum Gasteiger partial charge on any atom is 0.411 e. The molecule has 0 heterocycles. The second kappa shape index (κ2) is 6.21. The smallest absolute Gasteiger partial charge is 0.372 e. The summed E-state index contributed by atoms with van der Waals surface area (Å²) in [5.41, 5.74) is 5.57. The summed E-state index contributed by atoms with van der Waals surface area (Å²) in [4.78, 5) is 0. The highest BCUT2D eigenvalue weighted by Crippen LogP contribution is 2.14. The van der Waals surface area contributed by atoms with E-state index in [0.29, 0.717) is 6.42 Å². The summed E-state index contributed by atoms with van der Waals surface area (Å²) >= 11 is 0. The first-order chi connectivity index (χ1) is 5.95. The molecular formula is C8H16F3NO. The average molecular weight is 199 g/mol. The lowest BCUT2D eigenvalue weighted by molar-refractivity contribution is -0.174. The van der Waals surface area contributed by atoms with Crippen LogP contribution in [0.1, 0.15) is 26.2 Å². The summed E-state index contributed by atoms with van der Waals surface area (Å²) in [7, 11) is 0. The fourth-order valence-electron chi connectivity index (χ4n) is 0.938. The fourth-order valence-corrected chi connectivity index (χ4v) is 0.938. The van der Waals surface area contributed by atoms with E-state index < -0.39 is 12.8 Å². The third kappa shape index (κ3) is 9.63. The van der Waals surface area contributed by atoms with E-state index in [9.17, 15) is 13.2 Å². The fraction of sp³-hybridized carbons (Fsp3) is 1.00. The highest BCUT2D eigenvalue weighted by atomic mass is 19.4. The molecule has 80 valence electrons. The Balaban J connectivity index is 3.25. The van der Waals surface area contributed by atoms with Crippen molar-refractivity contribution in [3.8, 4) is 0 Å². The lowest BCUT2D eigenvalue weighted by atomic mass is 10.1. The van der Waals surface area contributed by atoms with Crippen LogP contribution in [0.25, 0.3) is 0 Å². The molecule has 0 amide bonds. The van der Waals surface area contributed by atoms with Crippen molar-refractivity contribution < 1.29 is 17.9 Å². The lowest BCUT2D eigenvalue weighted by Gasteiger charge is -2.11. The molecule has 0 aliphatic carbocycles. The van der Waals surface area contributed by atoms with Crippen molar-refractivity contribution in [2.45, 2.75) is 38.4 Å². The van der Waals surface area contributed by atoms with Gasteiger partial charge in [-0.3, -0.25) is 0 Å². The Labute approximate surface area is 76.2 Å². The Morgan fingerprint density at radius 1 is 1.31 bits per heavy atom. The first kappa shape index (κ1) is 12.7. The van der Waals surface area contributed by atoms with Gasteiger partial charge in [0.25, 0.3) is 0 Å². The number of hydrogen-bond donors (Lipinski definition) is 1. The van der Waals surface area contributed by atoms with Gasteiger partial charge in [0.05, 0.1) is 0 Å². The molecule has 5 heteroatoms. The number of ether oxygens (including phenoxy) is 1. The number of hydrogen-bond acceptors (Lipinski definition) is 2. The Bertz CT molecular complexity index is 127. The number of nitrogens with two attached hydrogens (primary N) is 1. The van der Waals surface area contributed by atoms with Crippen LogP contribution in [0.2, 0.25) is 0 Å². The molecule has 1 atom stereocenters. The Morgan fingerprint density at radius 2 is 1.92 bits per heavy atom. The Morgan fingerprint density at radius 3 is 2.38 bits per heavy atom. The molecule has 0 saturated heterocycles. The van der Waals surface area contributed by atoms with E-state index in [2.05, 4.69) is 4.74 Å². The maximum absolute atomic E-state index is 11.6. The summed E-state index contributed by atoms with van der Waals surface area (Å²) in [6, 6.07) is -0.0433. The second-order valence-corrected chi connectivity index (χ2v) is 3.01. The predicted octanol–water partition coefficient (Wildman–Crippen LogP) is 2.08. The molecule has 0 aromatic carbocycles. The van der Waals surface area contributed by atoms with Gasteiger partial charge < -0.3 is 10.5 Å². The van der Waals surface area contributed by atoms with Crippen molar-refractivity contribution in [2.24, 2.45) is 5.73 Å². The van der Waals surface area contributed by atoms with Crippen LogP contribution in [0.4, 0.5) is 13.2 Å². The van der Waals surface area contributed by atoms with E-state index >= 15 is 0 Å². The maximum atomic E-state index is 11.6. The predicted molar refractivity (Wildman–Crippen MR) is 44.4 cm³/mol. The number of halogens is 3. The van der Waals surface area contributed by atoms with Crippen LogP contribution in [0.3, 0.4) is 0 Å². The van der Waals surface area contributed by atoms with E-state index in [-0.39, 0.29) is 12.6 Å². The van der Waals surface area contributed by atoms with Gasteiger partial charge in [-0.15, -0.1) is 0 Å². The minimum absolute atomic E-state index is 0.0433. The minimum Gasteiger partial charge on any atom is -0.372 e. The molecule has 0 aliphatic rings. The highest BCUT2D eigenvalue weighted by Gasteiger charge is 2.27. The van der Waals surface area contributed by atoms with Crippen LogP contribution < -0.4 is 5.73 Å². The van der Waals surface area contributed by atoms with E-state index in [0.717, 1.165) is 12.8 Å². The first-order valence-electron chi connectivity index (χ1n) is 4.35. The Kier molecular flexibility index (Phi) is 6.07. The van der Waals surface area contributed by atoms with Crippen molar-refractivity contribution in [1.82, 2.24) is 0 Å². The normalized spacial score (nSPS) is 14.5. The molecule has 2 N–H and O–H groups in total. The Hall–Kier alpha value is -0.290. The SMILES string of the molecule is CCC[C@H](N)CCOCC(F)(F)F. The van der Waals surface area contributed by atoms with Gasteiger partial charge in [0, 0.05) is 12.6 Å². The molecule has 13 heavy (non-hydrogen) atoms. The standard InChI is InChI=1S/C8H16F3NO/c1-2-3-7(12)4-5-13-6-8(9,10)11/h7H,2-6,12H2,1H3/t7-/m0/s1. The van der Waals surface area contributed by atoms with Gasteiger partial charge in [-0.1, -0.05) is 13.3 Å². The van der Waals surface area contributed by atoms with Crippen molar-refractivity contribution in [1.29, 1.82) is 0 Å². The third-order valence-corrected chi connectivity index (χ3v) is 1.56. The molecule has 0 radical (unpaired) electrons. The van der Waals surface area contributed by atoms with Crippen molar-refractivity contribution in [3.05, 3.63) is 0 Å². The van der Waals surface area contributed by atoms with Gasteiger partial charge in [-0.25, -0.2) is 0 Å². The molecule has 0 bridgehead atoms. The first-order valence-corrected chi connectivity index (χ1v) is 4.35.